The normalized spacial score (nSPS) is 16.1. The van der Waals surface area contributed by atoms with Gasteiger partial charge in [-0.1, -0.05) is 0 Å². The van der Waals surface area contributed by atoms with E-state index in [2.05, 4.69) is 4.98 Å². The molecule has 0 aromatic carbocycles. The largest absolute Gasteiger partial charge is 0.476 e. The highest BCUT2D eigenvalue weighted by molar-refractivity contribution is 7.10. The number of hydrogen-bond acceptors (Lipinski definition) is 5. The van der Waals surface area contributed by atoms with E-state index >= 15 is 0 Å². The number of thiazole rings is 1. The molecule has 0 bridgehead atoms. The van der Waals surface area contributed by atoms with Crippen molar-refractivity contribution >= 4 is 23.4 Å². The van der Waals surface area contributed by atoms with Crippen molar-refractivity contribution in [3.63, 3.8) is 0 Å². The Bertz CT molecular complexity index is 500. The van der Waals surface area contributed by atoms with Crippen LogP contribution in [0.2, 0.25) is 0 Å². The summed E-state index contributed by atoms with van der Waals surface area (Å²) in [4.78, 5) is 28.9. The average molecular weight is 284 g/mol. The first-order chi connectivity index (χ1) is 8.78. The third-order valence-corrected chi connectivity index (χ3v) is 3.69. The second-order valence-corrected chi connectivity index (χ2v) is 6.34. The number of carbonyl (C=O) groups is 2. The maximum absolute atomic E-state index is 11.8. The third-order valence-electron chi connectivity index (χ3n) is 2.70. The number of carboxylic acids is 1. The van der Waals surface area contributed by atoms with Gasteiger partial charge in [0.15, 0.2) is 5.69 Å². The minimum absolute atomic E-state index is 0.0473. The van der Waals surface area contributed by atoms with Gasteiger partial charge in [-0.3, -0.25) is 0 Å². The molecule has 7 heteroatoms. The summed E-state index contributed by atoms with van der Waals surface area (Å²) in [6, 6.07) is 0. The van der Waals surface area contributed by atoms with Crippen molar-refractivity contribution in [1.29, 1.82) is 0 Å². The van der Waals surface area contributed by atoms with Crippen LogP contribution in [-0.4, -0.2) is 45.7 Å². The van der Waals surface area contributed by atoms with Gasteiger partial charge in [-0.2, -0.15) is 0 Å². The molecule has 1 saturated heterocycles. The molecule has 0 aliphatic carbocycles. The first kappa shape index (κ1) is 13.8. The molecule has 2 heterocycles. The molecule has 104 valence electrons. The highest BCUT2D eigenvalue weighted by Crippen LogP contribution is 2.33. The molecule has 19 heavy (non-hydrogen) atoms. The highest BCUT2D eigenvalue weighted by Gasteiger charge is 2.37. The third kappa shape index (κ3) is 3.04. The smallest absolute Gasteiger partial charge is 0.410 e. The van der Waals surface area contributed by atoms with Crippen molar-refractivity contribution in [3.05, 3.63) is 16.1 Å². The molecular formula is C12H16N2O4S. The van der Waals surface area contributed by atoms with Gasteiger partial charge in [0.2, 0.25) is 0 Å². The van der Waals surface area contributed by atoms with Gasteiger partial charge in [0.25, 0.3) is 0 Å². The number of amides is 1. The number of rotatable bonds is 2. The van der Waals surface area contributed by atoms with Gasteiger partial charge in [-0.15, -0.1) is 11.3 Å². The maximum atomic E-state index is 11.8. The molecule has 1 amide bonds. The van der Waals surface area contributed by atoms with Crippen LogP contribution in [0.25, 0.3) is 0 Å². The number of hydrogen-bond donors (Lipinski definition) is 1. The first-order valence-corrected chi connectivity index (χ1v) is 6.80. The number of carbonyl (C=O) groups excluding carboxylic acids is 1. The number of ether oxygens (including phenoxy) is 1. The summed E-state index contributed by atoms with van der Waals surface area (Å²) in [5.41, 5.74) is 1.10. The van der Waals surface area contributed by atoms with Crippen LogP contribution in [0.3, 0.4) is 0 Å². The molecule has 1 aromatic rings. The molecule has 0 radical (unpaired) electrons. The Morgan fingerprint density at radius 1 is 1.47 bits per heavy atom. The average Bonchev–Trinajstić information content (AvgIpc) is 2.60. The Balaban J connectivity index is 1.94. The Morgan fingerprint density at radius 3 is 2.63 bits per heavy atom. The van der Waals surface area contributed by atoms with Crippen LogP contribution >= 0.6 is 11.3 Å². The molecule has 1 aliphatic rings. The lowest BCUT2D eigenvalue weighted by atomic mass is 9.97. The molecular weight excluding hydrogens is 268 g/mol. The van der Waals surface area contributed by atoms with Crippen LogP contribution in [0.4, 0.5) is 4.79 Å². The zero-order valence-corrected chi connectivity index (χ0v) is 11.9. The summed E-state index contributed by atoms with van der Waals surface area (Å²) < 4.78 is 5.24. The zero-order valence-electron chi connectivity index (χ0n) is 11.0. The van der Waals surface area contributed by atoms with Gasteiger partial charge >= 0.3 is 12.1 Å². The van der Waals surface area contributed by atoms with Crippen molar-refractivity contribution in [2.24, 2.45) is 0 Å². The Labute approximate surface area is 115 Å². The summed E-state index contributed by atoms with van der Waals surface area (Å²) in [5.74, 6) is -0.974. The van der Waals surface area contributed by atoms with E-state index < -0.39 is 11.6 Å². The van der Waals surface area contributed by atoms with Crippen LogP contribution in [0.5, 0.6) is 0 Å². The monoisotopic (exact) mass is 284 g/mol. The van der Waals surface area contributed by atoms with Gasteiger partial charge in [-0.05, 0) is 20.8 Å². The Kier molecular flexibility index (Phi) is 3.49. The van der Waals surface area contributed by atoms with Gasteiger partial charge < -0.3 is 14.7 Å². The van der Waals surface area contributed by atoms with E-state index in [1.54, 1.807) is 4.90 Å². The van der Waals surface area contributed by atoms with E-state index in [1.807, 2.05) is 20.8 Å². The van der Waals surface area contributed by atoms with Crippen LogP contribution in [0.15, 0.2) is 5.51 Å². The summed E-state index contributed by atoms with van der Waals surface area (Å²) >= 11 is 1.32. The quantitative estimate of drug-likeness (QED) is 0.900. The molecule has 6 nitrogen and oxygen atoms in total. The van der Waals surface area contributed by atoms with Crippen molar-refractivity contribution < 1.29 is 19.4 Å². The number of nitrogens with zero attached hydrogens (tertiary/aromatic N) is 2. The Morgan fingerprint density at radius 2 is 2.11 bits per heavy atom. The minimum atomic E-state index is -1.02. The Hall–Kier alpha value is -1.63. The van der Waals surface area contributed by atoms with Gasteiger partial charge in [-0.25, -0.2) is 14.6 Å². The SMILES string of the molecule is CC(C)(C)OC(=O)N1CC(c2scnc2C(=O)O)C1. The minimum Gasteiger partial charge on any atom is -0.476 e. The number of carboxylic acid groups (broad SMARTS) is 1. The first-order valence-electron chi connectivity index (χ1n) is 5.92. The predicted molar refractivity (Wildman–Crippen MR) is 69.6 cm³/mol. The number of likely N-dealkylation sites (tertiary alicyclic amines) is 1. The molecule has 1 aromatic heterocycles. The van der Waals surface area contributed by atoms with E-state index in [1.165, 1.54) is 16.8 Å². The van der Waals surface area contributed by atoms with E-state index in [4.69, 9.17) is 9.84 Å². The van der Waals surface area contributed by atoms with E-state index in [0.29, 0.717) is 13.1 Å². The lowest BCUT2D eigenvalue weighted by Gasteiger charge is -2.39. The maximum Gasteiger partial charge on any atom is 0.410 e. The van der Waals surface area contributed by atoms with E-state index in [-0.39, 0.29) is 17.7 Å². The van der Waals surface area contributed by atoms with Crippen LogP contribution in [0, 0.1) is 0 Å². The van der Waals surface area contributed by atoms with Gasteiger partial charge in [0.05, 0.1) is 5.51 Å². The molecule has 0 spiro atoms. The van der Waals surface area contributed by atoms with Gasteiger partial charge in [0, 0.05) is 23.9 Å². The fourth-order valence-corrected chi connectivity index (χ4v) is 2.69. The fraction of sp³-hybridized carbons (Fsp3) is 0.583. The van der Waals surface area contributed by atoms with E-state index in [9.17, 15) is 9.59 Å². The second kappa shape index (κ2) is 4.80. The predicted octanol–water partition coefficient (Wildman–Crippen LogP) is 2.18. The van der Waals surface area contributed by atoms with Crippen LogP contribution in [0.1, 0.15) is 42.1 Å². The van der Waals surface area contributed by atoms with Crippen molar-refractivity contribution in [2.45, 2.75) is 32.3 Å². The van der Waals surface area contributed by atoms with Gasteiger partial charge in [0.1, 0.15) is 5.60 Å². The lowest BCUT2D eigenvalue weighted by Crippen LogP contribution is -2.50. The van der Waals surface area contributed by atoms with Crippen LogP contribution in [-0.2, 0) is 4.74 Å². The molecule has 0 atom stereocenters. The summed E-state index contributed by atoms with van der Waals surface area (Å²) in [7, 11) is 0. The number of aromatic carboxylic acids is 1. The topological polar surface area (TPSA) is 79.7 Å². The highest BCUT2D eigenvalue weighted by atomic mass is 32.1. The molecule has 2 rings (SSSR count). The molecule has 1 fully saturated rings. The summed E-state index contributed by atoms with van der Waals surface area (Å²) in [6.45, 7) is 6.41. The second-order valence-electron chi connectivity index (χ2n) is 5.45. The van der Waals surface area contributed by atoms with Crippen molar-refractivity contribution in [2.75, 3.05) is 13.1 Å². The van der Waals surface area contributed by atoms with Crippen molar-refractivity contribution in [3.8, 4) is 0 Å². The standard InChI is InChI=1S/C12H16N2O4S/c1-12(2,3)18-11(17)14-4-7(5-14)9-8(10(15)16)13-6-19-9/h6-7H,4-5H2,1-3H3,(H,15,16). The fourth-order valence-electron chi connectivity index (χ4n) is 1.83. The number of aromatic nitrogens is 1. The molecule has 0 saturated carbocycles. The van der Waals surface area contributed by atoms with Crippen LogP contribution < -0.4 is 0 Å². The van der Waals surface area contributed by atoms with Crippen molar-refractivity contribution in [1.82, 2.24) is 9.88 Å². The summed E-state index contributed by atoms with van der Waals surface area (Å²) in [5, 5.41) is 8.99. The van der Waals surface area contributed by atoms with E-state index in [0.717, 1.165) is 4.88 Å². The molecule has 0 unspecified atom stereocenters. The lowest BCUT2D eigenvalue weighted by molar-refractivity contribution is 0.00840. The zero-order chi connectivity index (χ0) is 14.2. The molecule has 1 aliphatic heterocycles. The molecule has 1 N–H and O–H groups in total. The summed E-state index contributed by atoms with van der Waals surface area (Å²) in [6.07, 6.45) is -0.356.